The molecule has 1 saturated heterocycles. The lowest BCUT2D eigenvalue weighted by molar-refractivity contribution is -0.122. The second-order valence-corrected chi connectivity index (χ2v) is 5.06. The van der Waals surface area contributed by atoms with Crippen LogP contribution in [0.15, 0.2) is 60.9 Å². The van der Waals surface area contributed by atoms with Gasteiger partial charge in [-0.2, -0.15) is 0 Å². The smallest absolute Gasteiger partial charge is 0.416 e. The van der Waals surface area contributed by atoms with Crippen LogP contribution in [-0.4, -0.2) is 35.0 Å². The highest BCUT2D eigenvalue weighted by atomic mass is 16.6. The standard InChI is InChI=1S/C11H10N2O3.C8H10/c14-10(13-6-7-16-11(13)15)4-3-9-2-1-5-12-8-9;1-2-8-6-4-3-5-7-8/h1-5,8H,6-7H2;3-7H,2H2,1H3/b4-3+;. The summed E-state index contributed by atoms with van der Waals surface area (Å²) in [6, 6.07) is 14.0. The lowest BCUT2D eigenvalue weighted by atomic mass is 10.2. The van der Waals surface area contributed by atoms with Crippen LogP contribution in [0.25, 0.3) is 6.08 Å². The molecule has 0 radical (unpaired) electrons. The first-order valence-corrected chi connectivity index (χ1v) is 7.81. The number of pyridine rings is 1. The summed E-state index contributed by atoms with van der Waals surface area (Å²) in [5.41, 5.74) is 2.22. The second-order valence-electron chi connectivity index (χ2n) is 5.06. The summed E-state index contributed by atoms with van der Waals surface area (Å²) >= 11 is 0. The van der Waals surface area contributed by atoms with Crippen molar-refractivity contribution in [1.29, 1.82) is 0 Å². The Hall–Kier alpha value is -2.95. The number of cyclic esters (lactones) is 1. The van der Waals surface area contributed by atoms with E-state index in [2.05, 4.69) is 40.9 Å². The molecule has 0 aliphatic carbocycles. The van der Waals surface area contributed by atoms with Gasteiger partial charge < -0.3 is 4.74 Å². The molecule has 0 spiro atoms. The maximum atomic E-state index is 11.5. The van der Waals surface area contributed by atoms with Gasteiger partial charge in [-0.15, -0.1) is 0 Å². The summed E-state index contributed by atoms with van der Waals surface area (Å²) in [4.78, 5) is 27.6. The Morgan fingerprint density at radius 1 is 1.25 bits per heavy atom. The van der Waals surface area contributed by atoms with E-state index in [1.165, 1.54) is 11.6 Å². The van der Waals surface area contributed by atoms with Crippen LogP contribution in [0.2, 0.25) is 0 Å². The molecule has 2 heterocycles. The highest BCUT2D eigenvalue weighted by Crippen LogP contribution is 2.06. The summed E-state index contributed by atoms with van der Waals surface area (Å²) < 4.78 is 4.66. The third kappa shape index (κ3) is 5.35. The van der Waals surface area contributed by atoms with Gasteiger partial charge in [0, 0.05) is 18.5 Å². The number of carbonyl (C=O) groups is 2. The van der Waals surface area contributed by atoms with E-state index in [0.717, 1.165) is 16.9 Å². The Bertz CT molecular complexity index is 684. The maximum Gasteiger partial charge on any atom is 0.416 e. The average molecular weight is 324 g/mol. The number of hydrogen-bond acceptors (Lipinski definition) is 4. The predicted molar refractivity (Wildman–Crippen MR) is 92.2 cm³/mol. The molecule has 3 rings (SSSR count). The van der Waals surface area contributed by atoms with Crippen LogP contribution in [0.4, 0.5) is 4.79 Å². The molecule has 2 aromatic rings. The maximum absolute atomic E-state index is 11.5. The number of amides is 2. The summed E-state index contributed by atoms with van der Waals surface area (Å²) in [5.74, 6) is -0.369. The van der Waals surface area contributed by atoms with Crippen molar-refractivity contribution in [3.8, 4) is 0 Å². The average Bonchev–Trinajstić information content (AvgIpc) is 3.08. The summed E-state index contributed by atoms with van der Waals surface area (Å²) in [7, 11) is 0. The van der Waals surface area contributed by atoms with Crippen LogP contribution in [0.1, 0.15) is 18.1 Å². The highest BCUT2D eigenvalue weighted by Gasteiger charge is 2.26. The SMILES string of the molecule is CCc1ccccc1.O=C(/C=C/c1cccnc1)N1CCOC1=O. The molecule has 24 heavy (non-hydrogen) atoms. The van der Waals surface area contributed by atoms with Gasteiger partial charge in [0.2, 0.25) is 0 Å². The molecular formula is C19H20N2O3. The number of aromatic nitrogens is 1. The van der Waals surface area contributed by atoms with E-state index in [4.69, 9.17) is 0 Å². The van der Waals surface area contributed by atoms with Gasteiger partial charge in [-0.25, -0.2) is 9.69 Å². The quantitative estimate of drug-likeness (QED) is 0.813. The predicted octanol–water partition coefficient (Wildman–Crippen LogP) is 3.32. The lowest BCUT2D eigenvalue weighted by Gasteiger charge is -2.06. The highest BCUT2D eigenvalue weighted by molar-refractivity contribution is 6.01. The Morgan fingerprint density at radius 2 is 2.04 bits per heavy atom. The van der Waals surface area contributed by atoms with E-state index >= 15 is 0 Å². The van der Waals surface area contributed by atoms with E-state index in [1.54, 1.807) is 24.5 Å². The van der Waals surface area contributed by atoms with Crippen molar-refractivity contribution < 1.29 is 14.3 Å². The summed E-state index contributed by atoms with van der Waals surface area (Å²) in [6.45, 7) is 2.75. The van der Waals surface area contributed by atoms with Gasteiger partial charge in [-0.05, 0) is 29.7 Å². The van der Waals surface area contributed by atoms with Crippen molar-refractivity contribution in [2.45, 2.75) is 13.3 Å². The van der Waals surface area contributed by atoms with Gasteiger partial charge in [0.1, 0.15) is 6.61 Å². The normalized spacial score (nSPS) is 13.4. The summed E-state index contributed by atoms with van der Waals surface area (Å²) in [6.07, 6.45) is 6.79. The van der Waals surface area contributed by atoms with Gasteiger partial charge in [0.15, 0.2) is 0 Å². The first kappa shape index (κ1) is 17.4. The third-order valence-electron chi connectivity index (χ3n) is 3.38. The van der Waals surface area contributed by atoms with Crippen molar-refractivity contribution in [3.63, 3.8) is 0 Å². The molecule has 1 aromatic heterocycles. The molecule has 1 aliphatic heterocycles. The molecule has 0 atom stereocenters. The van der Waals surface area contributed by atoms with Crippen molar-refractivity contribution in [2.75, 3.05) is 13.2 Å². The van der Waals surface area contributed by atoms with Gasteiger partial charge in [0.05, 0.1) is 6.54 Å². The Balaban J connectivity index is 0.000000219. The zero-order chi connectivity index (χ0) is 17.2. The van der Waals surface area contributed by atoms with Crippen molar-refractivity contribution in [1.82, 2.24) is 9.88 Å². The van der Waals surface area contributed by atoms with Crippen LogP contribution in [-0.2, 0) is 16.0 Å². The molecule has 1 aliphatic rings. The molecule has 0 unspecified atom stereocenters. The van der Waals surface area contributed by atoms with Crippen LogP contribution in [0.3, 0.4) is 0 Å². The zero-order valence-electron chi connectivity index (χ0n) is 13.6. The van der Waals surface area contributed by atoms with Gasteiger partial charge in [-0.1, -0.05) is 43.3 Å². The van der Waals surface area contributed by atoms with E-state index in [9.17, 15) is 9.59 Å². The van der Waals surface area contributed by atoms with Crippen molar-refractivity contribution in [3.05, 3.63) is 72.1 Å². The number of benzene rings is 1. The van der Waals surface area contributed by atoms with Crippen LogP contribution < -0.4 is 0 Å². The molecule has 0 N–H and O–H groups in total. The fourth-order valence-corrected chi connectivity index (χ4v) is 2.04. The fourth-order valence-electron chi connectivity index (χ4n) is 2.04. The van der Waals surface area contributed by atoms with Crippen LogP contribution in [0.5, 0.6) is 0 Å². The number of carbonyl (C=O) groups excluding carboxylic acids is 2. The number of imide groups is 1. The molecule has 0 saturated carbocycles. The molecule has 0 bridgehead atoms. The number of aryl methyl sites for hydroxylation is 1. The molecule has 1 fully saturated rings. The minimum atomic E-state index is -0.583. The zero-order valence-corrected chi connectivity index (χ0v) is 13.6. The first-order chi connectivity index (χ1) is 11.7. The van der Waals surface area contributed by atoms with E-state index in [0.29, 0.717) is 6.54 Å². The lowest BCUT2D eigenvalue weighted by Crippen LogP contribution is -2.29. The Kier molecular flexibility index (Phi) is 6.71. The summed E-state index contributed by atoms with van der Waals surface area (Å²) in [5, 5.41) is 0. The van der Waals surface area contributed by atoms with Crippen molar-refractivity contribution >= 4 is 18.1 Å². The first-order valence-electron chi connectivity index (χ1n) is 7.81. The number of hydrogen-bond donors (Lipinski definition) is 0. The van der Waals surface area contributed by atoms with Crippen molar-refractivity contribution in [2.24, 2.45) is 0 Å². The van der Waals surface area contributed by atoms with Gasteiger partial charge >= 0.3 is 6.09 Å². The number of rotatable bonds is 3. The van der Waals surface area contributed by atoms with E-state index < -0.39 is 6.09 Å². The molecule has 2 amide bonds. The minimum absolute atomic E-state index is 0.269. The number of ether oxygens (including phenoxy) is 1. The molecular weight excluding hydrogens is 304 g/mol. The molecule has 124 valence electrons. The molecule has 5 nitrogen and oxygen atoms in total. The fraction of sp³-hybridized carbons (Fsp3) is 0.211. The van der Waals surface area contributed by atoms with Crippen LogP contribution >= 0.6 is 0 Å². The van der Waals surface area contributed by atoms with E-state index in [1.807, 2.05) is 12.1 Å². The topological polar surface area (TPSA) is 59.5 Å². The Morgan fingerprint density at radius 3 is 2.58 bits per heavy atom. The second kappa shape index (κ2) is 9.25. The largest absolute Gasteiger partial charge is 0.447 e. The molecule has 1 aromatic carbocycles. The van der Waals surface area contributed by atoms with E-state index in [-0.39, 0.29) is 12.5 Å². The monoisotopic (exact) mass is 324 g/mol. The number of nitrogens with zero attached hydrogens (tertiary/aromatic N) is 2. The van der Waals surface area contributed by atoms with Gasteiger partial charge in [0.25, 0.3) is 5.91 Å². The Labute approximate surface area is 141 Å². The third-order valence-corrected chi connectivity index (χ3v) is 3.38. The minimum Gasteiger partial charge on any atom is -0.447 e. The van der Waals surface area contributed by atoms with Gasteiger partial charge in [-0.3, -0.25) is 9.78 Å². The van der Waals surface area contributed by atoms with Crippen LogP contribution in [0, 0.1) is 0 Å². The molecule has 5 heteroatoms.